The standard InChI is InChI=1S/C21H23F2N5O3S2/c1-14-18(19-24-10-13-28(19)20(22)23)32-21(25-14)26-17(29)9-6-15-4-7-16(8-5-15)33(30,31)27-11-2-3-12-27/h4-5,7-8,10,13,20H,2-3,6,9,11-12H2,1H3,(H,25,26,29). The zero-order chi connectivity index (χ0) is 23.6. The first-order valence-electron chi connectivity index (χ1n) is 10.4. The molecule has 0 aliphatic carbocycles. The topological polar surface area (TPSA) is 97.2 Å². The van der Waals surface area contributed by atoms with Gasteiger partial charge in [-0.2, -0.15) is 13.1 Å². The molecule has 4 rings (SSSR count). The van der Waals surface area contributed by atoms with E-state index in [1.165, 1.54) is 16.7 Å². The third kappa shape index (κ3) is 5.12. The number of rotatable bonds is 8. The second kappa shape index (κ2) is 9.65. The Kier molecular flexibility index (Phi) is 6.86. The molecule has 1 aliphatic rings. The number of imidazole rings is 1. The molecule has 1 aromatic carbocycles. The predicted octanol–water partition coefficient (Wildman–Crippen LogP) is 4.07. The van der Waals surface area contributed by atoms with Gasteiger partial charge in [-0.1, -0.05) is 23.5 Å². The van der Waals surface area contributed by atoms with E-state index in [2.05, 4.69) is 15.3 Å². The molecular formula is C21H23F2N5O3S2. The van der Waals surface area contributed by atoms with Crippen LogP contribution in [0, 0.1) is 6.92 Å². The van der Waals surface area contributed by atoms with Gasteiger partial charge in [-0.25, -0.2) is 18.4 Å². The SMILES string of the molecule is Cc1nc(NC(=O)CCc2ccc(S(=O)(=O)N3CCCC3)cc2)sc1-c1nccn1C(F)F. The highest BCUT2D eigenvalue weighted by atomic mass is 32.2. The van der Waals surface area contributed by atoms with Gasteiger partial charge in [0.15, 0.2) is 11.0 Å². The van der Waals surface area contributed by atoms with Gasteiger partial charge in [-0.05, 0) is 43.9 Å². The molecule has 0 spiro atoms. The average Bonchev–Trinajstić information content (AvgIpc) is 3.53. The maximum atomic E-state index is 13.1. The number of carbonyl (C=O) groups is 1. The fourth-order valence-electron chi connectivity index (χ4n) is 3.65. The third-order valence-corrected chi connectivity index (χ3v) is 8.37. The third-order valence-electron chi connectivity index (χ3n) is 5.39. The van der Waals surface area contributed by atoms with Crippen LogP contribution in [0.1, 0.15) is 37.1 Å². The van der Waals surface area contributed by atoms with Gasteiger partial charge in [0.25, 0.3) is 0 Å². The van der Waals surface area contributed by atoms with Gasteiger partial charge >= 0.3 is 6.55 Å². The Morgan fingerprint density at radius 3 is 2.58 bits per heavy atom. The molecule has 0 bridgehead atoms. The van der Waals surface area contributed by atoms with Crippen LogP contribution in [0.25, 0.3) is 10.7 Å². The Balaban J connectivity index is 1.36. The van der Waals surface area contributed by atoms with Gasteiger partial charge in [0.05, 0.1) is 15.5 Å². The molecule has 2 aromatic heterocycles. The molecule has 3 aromatic rings. The number of benzene rings is 1. The number of anilines is 1. The van der Waals surface area contributed by atoms with Crippen molar-refractivity contribution in [2.45, 2.75) is 44.1 Å². The zero-order valence-corrected chi connectivity index (χ0v) is 19.5. The summed E-state index contributed by atoms with van der Waals surface area (Å²) in [5.74, 6) is -0.175. The van der Waals surface area contributed by atoms with Gasteiger partial charge in [-0.3, -0.25) is 9.36 Å². The highest BCUT2D eigenvalue weighted by Crippen LogP contribution is 2.33. The molecule has 3 heterocycles. The van der Waals surface area contributed by atoms with E-state index in [0.717, 1.165) is 34.3 Å². The first-order valence-corrected chi connectivity index (χ1v) is 12.7. The van der Waals surface area contributed by atoms with Crippen LogP contribution < -0.4 is 5.32 Å². The van der Waals surface area contributed by atoms with E-state index >= 15 is 0 Å². The average molecular weight is 496 g/mol. The van der Waals surface area contributed by atoms with Crippen LogP contribution in [0.3, 0.4) is 0 Å². The molecule has 1 N–H and O–H groups in total. The lowest BCUT2D eigenvalue weighted by molar-refractivity contribution is -0.116. The predicted molar refractivity (Wildman–Crippen MR) is 121 cm³/mol. The Labute approximate surface area is 194 Å². The molecule has 1 fully saturated rings. The number of nitrogens with one attached hydrogen (secondary N) is 1. The number of halogens is 2. The number of alkyl halides is 2. The summed E-state index contributed by atoms with van der Waals surface area (Å²) >= 11 is 1.08. The minimum atomic E-state index is -3.46. The molecule has 33 heavy (non-hydrogen) atoms. The van der Waals surface area contributed by atoms with Crippen molar-refractivity contribution in [2.75, 3.05) is 18.4 Å². The normalized spacial score (nSPS) is 14.8. The van der Waals surface area contributed by atoms with Gasteiger partial charge in [-0.15, -0.1) is 0 Å². The van der Waals surface area contributed by atoms with Gasteiger partial charge < -0.3 is 5.32 Å². The minimum absolute atomic E-state index is 0.101. The van der Waals surface area contributed by atoms with Crippen molar-refractivity contribution < 1.29 is 22.0 Å². The molecule has 0 radical (unpaired) electrons. The lowest BCUT2D eigenvalue weighted by atomic mass is 10.1. The summed E-state index contributed by atoms with van der Waals surface area (Å²) in [5, 5.41) is 3.01. The molecule has 1 aliphatic heterocycles. The highest BCUT2D eigenvalue weighted by molar-refractivity contribution is 7.89. The van der Waals surface area contributed by atoms with Crippen LogP contribution in [0.4, 0.5) is 13.9 Å². The Morgan fingerprint density at radius 2 is 1.91 bits per heavy atom. The van der Waals surface area contributed by atoms with E-state index in [9.17, 15) is 22.0 Å². The van der Waals surface area contributed by atoms with E-state index in [-0.39, 0.29) is 23.0 Å². The Morgan fingerprint density at radius 1 is 1.21 bits per heavy atom. The van der Waals surface area contributed by atoms with Crippen LogP contribution in [-0.2, 0) is 21.2 Å². The summed E-state index contributed by atoms with van der Waals surface area (Å²) in [5.41, 5.74) is 1.33. The van der Waals surface area contributed by atoms with Crippen molar-refractivity contribution in [3.8, 4) is 10.7 Å². The molecular weight excluding hydrogens is 472 g/mol. The quantitative estimate of drug-likeness (QED) is 0.508. The van der Waals surface area contributed by atoms with E-state index in [1.807, 2.05) is 0 Å². The first-order chi connectivity index (χ1) is 15.8. The van der Waals surface area contributed by atoms with Gasteiger partial charge in [0.1, 0.15) is 0 Å². The molecule has 176 valence electrons. The number of hydrogen-bond donors (Lipinski definition) is 1. The van der Waals surface area contributed by atoms with Gasteiger partial charge in [0.2, 0.25) is 15.9 Å². The summed E-state index contributed by atoms with van der Waals surface area (Å²) in [4.78, 5) is 21.3. The molecule has 12 heteroatoms. The zero-order valence-electron chi connectivity index (χ0n) is 17.9. The number of hydrogen-bond acceptors (Lipinski definition) is 6. The largest absolute Gasteiger partial charge is 0.320 e. The fraction of sp³-hybridized carbons (Fsp3) is 0.381. The first kappa shape index (κ1) is 23.5. The lowest BCUT2D eigenvalue weighted by Crippen LogP contribution is -2.27. The minimum Gasteiger partial charge on any atom is -0.302 e. The van der Waals surface area contributed by atoms with Crippen LogP contribution in [0.5, 0.6) is 0 Å². The van der Waals surface area contributed by atoms with E-state index in [0.29, 0.717) is 35.2 Å². The number of amides is 1. The highest BCUT2D eigenvalue weighted by Gasteiger charge is 2.27. The number of thiazole rings is 1. The summed E-state index contributed by atoms with van der Waals surface area (Å²) in [7, 11) is -3.46. The Bertz CT molecular complexity index is 1230. The molecule has 1 amide bonds. The van der Waals surface area contributed by atoms with Crippen molar-refractivity contribution in [1.82, 2.24) is 18.8 Å². The Hall–Kier alpha value is -2.70. The van der Waals surface area contributed by atoms with Crippen LogP contribution in [0.15, 0.2) is 41.6 Å². The second-order valence-corrected chi connectivity index (χ2v) is 10.6. The number of carbonyl (C=O) groups excluding carboxylic acids is 1. The monoisotopic (exact) mass is 495 g/mol. The van der Waals surface area contributed by atoms with Crippen LogP contribution >= 0.6 is 11.3 Å². The summed E-state index contributed by atoms with van der Waals surface area (Å²) < 4.78 is 53.7. The number of aryl methyl sites for hydroxylation is 2. The maximum Gasteiger partial charge on any atom is 0.320 e. The van der Waals surface area contributed by atoms with Crippen LogP contribution in [0.2, 0.25) is 0 Å². The van der Waals surface area contributed by atoms with E-state index in [4.69, 9.17) is 0 Å². The number of sulfonamides is 1. The smallest absolute Gasteiger partial charge is 0.302 e. The van der Waals surface area contributed by atoms with E-state index < -0.39 is 16.6 Å². The molecule has 1 saturated heterocycles. The second-order valence-electron chi connectivity index (χ2n) is 7.67. The summed E-state index contributed by atoms with van der Waals surface area (Å²) in [6.07, 6.45) is 4.82. The molecule has 8 nitrogen and oxygen atoms in total. The van der Waals surface area contributed by atoms with Crippen molar-refractivity contribution in [3.63, 3.8) is 0 Å². The lowest BCUT2D eigenvalue weighted by Gasteiger charge is -2.15. The number of aromatic nitrogens is 3. The number of nitrogens with zero attached hydrogens (tertiary/aromatic N) is 4. The molecule has 0 atom stereocenters. The van der Waals surface area contributed by atoms with E-state index in [1.54, 1.807) is 31.2 Å². The van der Waals surface area contributed by atoms with Gasteiger partial charge in [0, 0.05) is 31.9 Å². The summed E-state index contributed by atoms with van der Waals surface area (Å²) in [6.45, 7) is 0.0427. The summed E-state index contributed by atoms with van der Waals surface area (Å²) in [6, 6.07) is 6.57. The fourth-order valence-corrected chi connectivity index (χ4v) is 6.15. The van der Waals surface area contributed by atoms with Crippen molar-refractivity contribution >= 4 is 32.4 Å². The molecule has 0 saturated carbocycles. The van der Waals surface area contributed by atoms with Crippen molar-refractivity contribution in [2.24, 2.45) is 0 Å². The maximum absolute atomic E-state index is 13.1. The molecule has 0 unspecified atom stereocenters. The van der Waals surface area contributed by atoms with Crippen LogP contribution in [-0.4, -0.2) is 46.3 Å². The van der Waals surface area contributed by atoms with Crippen molar-refractivity contribution in [3.05, 3.63) is 47.9 Å². The van der Waals surface area contributed by atoms with Crippen molar-refractivity contribution in [1.29, 1.82) is 0 Å².